The molecule has 1 aliphatic rings. The van der Waals surface area contributed by atoms with E-state index in [1.165, 1.54) is 12.1 Å². The van der Waals surface area contributed by atoms with Gasteiger partial charge in [-0.3, -0.25) is 24.5 Å². The third kappa shape index (κ3) is 9.07. The molecule has 0 bridgehead atoms. The maximum Gasteiger partial charge on any atom is 0.330 e. The highest BCUT2D eigenvalue weighted by atomic mass is 16.4. The Morgan fingerprint density at radius 1 is 1.03 bits per heavy atom. The summed E-state index contributed by atoms with van der Waals surface area (Å²) < 4.78 is 0. The molecule has 12 heteroatoms. The van der Waals surface area contributed by atoms with Crippen molar-refractivity contribution in [1.29, 1.82) is 0 Å². The minimum Gasteiger partial charge on any atom is -0.481 e. The van der Waals surface area contributed by atoms with E-state index in [0.717, 1.165) is 12.8 Å². The second-order valence-electron chi connectivity index (χ2n) is 7.65. The fourth-order valence-corrected chi connectivity index (χ4v) is 3.32. The number of carbonyl (C=O) groups is 6. The van der Waals surface area contributed by atoms with E-state index in [9.17, 15) is 33.9 Å². The van der Waals surface area contributed by atoms with Crippen LogP contribution in [0.5, 0.6) is 0 Å². The molecular formula is C23H32N4O8. The van der Waals surface area contributed by atoms with Crippen LogP contribution in [0.2, 0.25) is 0 Å². The lowest BCUT2D eigenvalue weighted by Gasteiger charge is -2.20. The Kier molecular flexibility index (Phi) is 11.9. The van der Waals surface area contributed by atoms with E-state index < -0.39 is 42.3 Å². The maximum atomic E-state index is 12.2. The quantitative estimate of drug-likeness (QED) is 0.284. The van der Waals surface area contributed by atoms with Crippen molar-refractivity contribution in [2.45, 2.75) is 64.6 Å². The Morgan fingerprint density at radius 2 is 1.66 bits per heavy atom. The zero-order valence-corrected chi connectivity index (χ0v) is 19.9. The van der Waals surface area contributed by atoms with Crippen molar-refractivity contribution < 1.29 is 39.0 Å². The first kappa shape index (κ1) is 29.1. The number of amides is 5. The minimum atomic E-state index is -1.34. The van der Waals surface area contributed by atoms with Gasteiger partial charge in [0, 0.05) is 13.0 Å². The van der Waals surface area contributed by atoms with Crippen LogP contribution in [0.4, 0.5) is 4.79 Å². The van der Waals surface area contributed by atoms with Crippen molar-refractivity contribution in [2.75, 3.05) is 6.54 Å². The molecule has 5 N–H and O–H groups in total. The van der Waals surface area contributed by atoms with Crippen molar-refractivity contribution >= 4 is 35.7 Å². The van der Waals surface area contributed by atoms with Gasteiger partial charge < -0.3 is 25.7 Å². The highest BCUT2D eigenvalue weighted by Crippen LogP contribution is 2.14. The summed E-state index contributed by atoms with van der Waals surface area (Å²) in [6.07, 6.45) is 1.11. The number of nitrogens with one attached hydrogen (secondary N) is 3. The number of carboxylic acid groups (broad SMARTS) is 2. The first-order chi connectivity index (χ1) is 16.5. The Labute approximate surface area is 203 Å². The molecule has 0 aliphatic carbocycles. The van der Waals surface area contributed by atoms with Gasteiger partial charge in [-0.25, -0.2) is 9.59 Å². The molecule has 5 amide bonds. The molecule has 3 atom stereocenters. The normalized spacial score (nSPS) is 16.3. The molecule has 0 spiro atoms. The Hall–Kier alpha value is -3.96. The summed E-state index contributed by atoms with van der Waals surface area (Å²) in [5.41, 5.74) is 0.337. The van der Waals surface area contributed by atoms with Gasteiger partial charge >= 0.3 is 18.0 Å². The maximum absolute atomic E-state index is 12.2. The summed E-state index contributed by atoms with van der Waals surface area (Å²) in [6.45, 7) is 6.03. The fraction of sp³-hybridized carbons (Fsp3) is 0.478. The number of likely N-dealkylation sites (N-methyl/N-ethyl adjacent to an activating group) is 1. The minimum absolute atomic E-state index is 0.0739. The SMILES string of the molecule is CCC(=O)N[C@@H](CC(=O)O)C(=O)N[C@H](C(=O)O)c1ccccc1.CCC[C@H]1C(=O)NC(=O)N1CC. The van der Waals surface area contributed by atoms with Gasteiger partial charge in [0.1, 0.15) is 12.1 Å². The first-order valence-electron chi connectivity index (χ1n) is 11.3. The highest BCUT2D eigenvalue weighted by molar-refractivity contribution is 6.04. The Bertz CT molecular complexity index is 921. The molecule has 35 heavy (non-hydrogen) atoms. The topological polar surface area (TPSA) is 182 Å². The number of carboxylic acids is 2. The highest BCUT2D eigenvalue weighted by Gasteiger charge is 2.36. The smallest absolute Gasteiger partial charge is 0.330 e. The van der Waals surface area contributed by atoms with E-state index in [-0.39, 0.29) is 24.4 Å². The predicted octanol–water partition coefficient (Wildman–Crippen LogP) is 1.02. The molecule has 1 saturated heterocycles. The van der Waals surface area contributed by atoms with Gasteiger partial charge in [0.2, 0.25) is 11.8 Å². The molecule has 0 radical (unpaired) electrons. The zero-order chi connectivity index (χ0) is 26.5. The fourth-order valence-electron chi connectivity index (χ4n) is 3.32. The second-order valence-corrected chi connectivity index (χ2v) is 7.65. The summed E-state index contributed by atoms with van der Waals surface area (Å²) in [6, 6.07) is 4.82. The van der Waals surface area contributed by atoms with Crippen LogP contribution in [0.1, 0.15) is 58.1 Å². The summed E-state index contributed by atoms with van der Waals surface area (Å²) in [5.74, 6) is -4.10. The van der Waals surface area contributed by atoms with Gasteiger partial charge in [-0.1, -0.05) is 50.6 Å². The molecule has 1 fully saturated rings. The number of carbonyl (C=O) groups excluding carboxylic acids is 4. The van der Waals surface area contributed by atoms with E-state index in [4.69, 9.17) is 5.11 Å². The lowest BCUT2D eigenvalue weighted by Crippen LogP contribution is -2.49. The van der Waals surface area contributed by atoms with E-state index in [2.05, 4.69) is 16.0 Å². The van der Waals surface area contributed by atoms with Gasteiger partial charge in [0.15, 0.2) is 6.04 Å². The van der Waals surface area contributed by atoms with Crippen molar-refractivity contribution in [3.63, 3.8) is 0 Å². The molecular weight excluding hydrogens is 460 g/mol. The van der Waals surface area contributed by atoms with Gasteiger partial charge in [0.25, 0.3) is 5.91 Å². The monoisotopic (exact) mass is 492 g/mol. The zero-order valence-electron chi connectivity index (χ0n) is 19.9. The van der Waals surface area contributed by atoms with E-state index >= 15 is 0 Å². The van der Waals surface area contributed by atoms with Crippen LogP contribution in [0.25, 0.3) is 0 Å². The molecule has 192 valence electrons. The number of rotatable bonds is 11. The molecule has 1 heterocycles. The van der Waals surface area contributed by atoms with Gasteiger partial charge in [0.05, 0.1) is 6.42 Å². The lowest BCUT2D eigenvalue weighted by molar-refractivity contribution is -0.143. The van der Waals surface area contributed by atoms with Crippen molar-refractivity contribution in [1.82, 2.24) is 20.9 Å². The summed E-state index contributed by atoms with van der Waals surface area (Å²) >= 11 is 0. The van der Waals surface area contributed by atoms with Gasteiger partial charge in [-0.15, -0.1) is 0 Å². The van der Waals surface area contributed by atoms with Crippen molar-refractivity contribution in [3.8, 4) is 0 Å². The van der Waals surface area contributed by atoms with Crippen molar-refractivity contribution in [2.24, 2.45) is 0 Å². The molecule has 0 aromatic heterocycles. The van der Waals surface area contributed by atoms with Crippen LogP contribution in [0, 0.1) is 0 Å². The van der Waals surface area contributed by atoms with Crippen LogP contribution >= 0.6 is 0 Å². The first-order valence-corrected chi connectivity index (χ1v) is 11.3. The molecule has 12 nitrogen and oxygen atoms in total. The average Bonchev–Trinajstić information content (AvgIpc) is 3.09. The number of nitrogens with zero attached hydrogens (tertiary/aromatic N) is 1. The summed E-state index contributed by atoms with van der Waals surface area (Å²) in [5, 5.41) is 24.9. The number of benzene rings is 1. The Morgan fingerprint density at radius 3 is 2.14 bits per heavy atom. The van der Waals surface area contributed by atoms with Gasteiger partial charge in [-0.2, -0.15) is 0 Å². The lowest BCUT2D eigenvalue weighted by atomic mass is 10.1. The van der Waals surface area contributed by atoms with E-state index in [0.29, 0.717) is 12.1 Å². The number of imide groups is 1. The molecule has 1 aliphatic heterocycles. The second kappa shape index (κ2) is 14.3. The van der Waals surface area contributed by atoms with E-state index in [1.807, 2.05) is 13.8 Å². The van der Waals surface area contributed by atoms with Crippen LogP contribution in [-0.4, -0.2) is 69.4 Å². The van der Waals surface area contributed by atoms with Crippen LogP contribution in [0.15, 0.2) is 30.3 Å². The third-order valence-electron chi connectivity index (χ3n) is 5.09. The van der Waals surface area contributed by atoms with Crippen LogP contribution in [0.3, 0.4) is 0 Å². The van der Waals surface area contributed by atoms with Crippen LogP contribution in [-0.2, 0) is 24.0 Å². The molecule has 0 unspecified atom stereocenters. The molecule has 2 rings (SSSR count). The average molecular weight is 493 g/mol. The molecule has 1 aromatic carbocycles. The third-order valence-corrected chi connectivity index (χ3v) is 5.09. The summed E-state index contributed by atoms with van der Waals surface area (Å²) in [7, 11) is 0. The number of hydrogen-bond donors (Lipinski definition) is 5. The van der Waals surface area contributed by atoms with Gasteiger partial charge in [-0.05, 0) is 18.9 Å². The van der Waals surface area contributed by atoms with E-state index in [1.54, 1.807) is 30.0 Å². The number of urea groups is 1. The number of hydrogen-bond acceptors (Lipinski definition) is 6. The largest absolute Gasteiger partial charge is 0.481 e. The predicted molar refractivity (Wildman–Crippen MR) is 124 cm³/mol. The number of aliphatic carboxylic acids is 2. The molecule has 1 aromatic rings. The van der Waals surface area contributed by atoms with Crippen LogP contribution < -0.4 is 16.0 Å². The standard InChI is InChI=1S/C15H18N2O6.C8H14N2O2/c1-2-11(18)16-10(8-12(19)20)14(21)17-13(15(22)23)9-6-4-3-5-7-9;1-3-5-6-7(11)9-8(12)10(6)4-2/h3-7,10,13H,2,8H2,1H3,(H,16,18)(H,17,21)(H,19,20)(H,22,23);6H,3-5H2,1-2H3,(H,9,11,12)/t10-,13-;6-/m00/s1. The summed E-state index contributed by atoms with van der Waals surface area (Å²) in [4.78, 5) is 69.6. The Balaban J connectivity index is 0.000000427. The van der Waals surface area contributed by atoms with Crippen molar-refractivity contribution in [3.05, 3.63) is 35.9 Å². The molecule has 0 saturated carbocycles.